The van der Waals surface area contributed by atoms with E-state index in [1.165, 1.54) is 43.4 Å². The third-order valence-electron chi connectivity index (χ3n) is 11.4. The molecule has 12 aromatic rings. The molecule has 0 radical (unpaired) electrons. The van der Waals surface area contributed by atoms with Crippen LogP contribution >= 0.6 is 0 Å². The number of furan rings is 1. The molecular formula is C53H32N4O. The molecule has 0 saturated heterocycles. The number of benzene rings is 9. The number of hydrogen-bond donors (Lipinski definition) is 0. The molecule has 3 heterocycles. The van der Waals surface area contributed by atoms with Gasteiger partial charge in [-0.3, -0.25) is 0 Å². The number of fused-ring (bicyclic) bond motifs is 10. The first-order valence-electron chi connectivity index (χ1n) is 19.5. The second kappa shape index (κ2) is 12.8. The van der Waals surface area contributed by atoms with Crippen molar-refractivity contribution in [1.29, 1.82) is 0 Å². The molecule has 0 N–H and O–H groups in total. The van der Waals surface area contributed by atoms with Gasteiger partial charge in [-0.25, -0.2) is 15.0 Å². The molecule has 12 rings (SSSR count). The van der Waals surface area contributed by atoms with Gasteiger partial charge in [0.1, 0.15) is 11.2 Å². The highest BCUT2D eigenvalue weighted by Crippen LogP contribution is 2.41. The average Bonchev–Trinajstić information content (AvgIpc) is 3.85. The Morgan fingerprint density at radius 2 is 0.845 bits per heavy atom. The number of aromatic nitrogens is 4. The van der Waals surface area contributed by atoms with Crippen LogP contribution < -0.4 is 0 Å². The first-order chi connectivity index (χ1) is 28.7. The minimum Gasteiger partial charge on any atom is -0.456 e. The molecule has 5 heteroatoms. The monoisotopic (exact) mass is 740 g/mol. The van der Waals surface area contributed by atoms with Crippen molar-refractivity contribution in [1.82, 2.24) is 19.5 Å². The van der Waals surface area contributed by atoms with Crippen molar-refractivity contribution < 1.29 is 4.42 Å². The number of nitrogens with zero attached hydrogens (tertiary/aromatic N) is 4. The Morgan fingerprint density at radius 3 is 1.59 bits per heavy atom. The van der Waals surface area contributed by atoms with Crippen LogP contribution in [0.4, 0.5) is 0 Å². The van der Waals surface area contributed by atoms with Gasteiger partial charge >= 0.3 is 0 Å². The van der Waals surface area contributed by atoms with Crippen LogP contribution in [0.3, 0.4) is 0 Å². The molecule has 0 saturated carbocycles. The number of hydrogen-bond acceptors (Lipinski definition) is 4. The Bertz CT molecular complexity index is 3550. The van der Waals surface area contributed by atoms with Crippen LogP contribution in [-0.4, -0.2) is 19.5 Å². The zero-order valence-electron chi connectivity index (χ0n) is 31.2. The van der Waals surface area contributed by atoms with Crippen molar-refractivity contribution in [2.75, 3.05) is 0 Å². The third-order valence-corrected chi connectivity index (χ3v) is 11.4. The SMILES string of the molecule is c1ccc(-c2ccc(-c3nc(-c4ccccc4)nc(-c4ccc5c(c4)oc4cc(-n6c7ccc8ccccc8c7c7ccc8ccccc8c76)ccc45)n3)cc2)cc1. The smallest absolute Gasteiger partial charge is 0.164 e. The minimum atomic E-state index is 0.586. The molecule has 0 fully saturated rings. The normalized spacial score (nSPS) is 11.8. The second-order valence-electron chi connectivity index (χ2n) is 14.8. The molecule has 0 aliphatic rings. The van der Waals surface area contributed by atoms with Gasteiger partial charge < -0.3 is 8.98 Å². The molecule has 5 nitrogen and oxygen atoms in total. The van der Waals surface area contributed by atoms with Gasteiger partial charge in [0.05, 0.1) is 11.0 Å². The molecule has 0 spiro atoms. The van der Waals surface area contributed by atoms with Gasteiger partial charge in [-0.15, -0.1) is 0 Å². The van der Waals surface area contributed by atoms with Gasteiger partial charge in [-0.05, 0) is 57.6 Å². The molecule has 58 heavy (non-hydrogen) atoms. The summed E-state index contributed by atoms with van der Waals surface area (Å²) in [5.74, 6) is 1.82. The Labute approximate surface area is 333 Å². The van der Waals surface area contributed by atoms with Crippen molar-refractivity contribution in [2.24, 2.45) is 0 Å². The molecule has 3 aromatic heterocycles. The van der Waals surface area contributed by atoms with E-state index in [0.717, 1.165) is 55.4 Å². The molecule has 270 valence electrons. The summed E-state index contributed by atoms with van der Waals surface area (Å²) in [6, 6.07) is 68.0. The van der Waals surface area contributed by atoms with E-state index in [1.54, 1.807) is 0 Å². The maximum absolute atomic E-state index is 6.74. The highest BCUT2D eigenvalue weighted by atomic mass is 16.3. The summed E-state index contributed by atoms with van der Waals surface area (Å²) < 4.78 is 9.14. The lowest BCUT2D eigenvalue weighted by molar-refractivity contribution is 0.668. The van der Waals surface area contributed by atoms with Crippen LogP contribution in [0.2, 0.25) is 0 Å². The highest BCUT2D eigenvalue weighted by Gasteiger charge is 2.19. The Morgan fingerprint density at radius 1 is 0.345 bits per heavy atom. The molecule has 0 amide bonds. The Kier molecular flexibility index (Phi) is 7.16. The van der Waals surface area contributed by atoms with Gasteiger partial charge in [0.15, 0.2) is 17.5 Å². The first-order valence-corrected chi connectivity index (χ1v) is 19.5. The second-order valence-corrected chi connectivity index (χ2v) is 14.8. The summed E-state index contributed by atoms with van der Waals surface area (Å²) in [6.45, 7) is 0. The minimum absolute atomic E-state index is 0.586. The van der Waals surface area contributed by atoms with E-state index in [-0.39, 0.29) is 0 Å². The summed E-state index contributed by atoms with van der Waals surface area (Å²) in [5.41, 5.74) is 10.0. The molecule has 0 bridgehead atoms. The fourth-order valence-electron chi connectivity index (χ4n) is 8.65. The van der Waals surface area contributed by atoms with Crippen LogP contribution in [0.25, 0.3) is 116 Å². The third kappa shape index (κ3) is 5.14. The zero-order valence-corrected chi connectivity index (χ0v) is 31.2. The first kappa shape index (κ1) is 32.4. The van der Waals surface area contributed by atoms with Gasteiger partial charge in [0, 0.05) is 55.4 Å². The molecule has 9 aromatic carbocycles. The maximum Gasteiger partial charge on any atom is 0.164 e. The van der Waals surface area contributed by atoms with Crippen LogP contribution in [0.5, 0.6) is 0 Å². The van der Waals surface area contributed by atoms with E-state index < -0.39 is 0 Å². The van der Waals surface area contributed by atoms with Gasteiger partial charge in [0.25, 0.3) is 0 Å². The quantitative estimate of drug-likeness (QED) is 0.176. The van der Waals surface area contributed by atoms with Gasteiger partial charge in [0.2, 0.25) is 0 Å². The molecule has 0 aliphatic carbocycles. The summed E-state index contributed by atoms with van der Waals surface area (Å²) in [4.78, 5) is 15.0. The van der Waals surface area contributed by atoms with E-state index in [2.05, 4.69) is 162 Å². The summed E-state index contributed by atoms with van der Waals surface area (Å²) in [7, 11) is 0. The lowest BCUT2D eigenvalue weighted by atomic mass is 10.0. The van der Waals surface area contributed by atoms with Crippen LogP contribution in [0.1, 0.15) is 0 Å². The fraction of sp³-hybridized carbons (Fsp3) is 0. The van der Waals surface area contributed by atoms with E-state index in [0.29, 0.717) is 17.5 Å². The number of rotatable bonds is 5. The van der Waals surface area contributed by atoms with E-state index >= 15 is 0 Å². The van der Waals surface area contributed by atoms with E-state index in [9.17, 15) is 0 Å². The molecule has 0 unspecified atom stereocenters. The largest absolute Gasteiger partial charge is 0.456 e. The summed E-state index contributed by atoms with van der Waals surface area (Å²) in [5, 5.41) is 9.49. The van der Waals surface area contributed by atoms with Gasteiger partial charge in [-0.2, -0.15) is 0 Å². The topological polar surface area (TPSA) is 56.7 Å². The van der Waals surface area contributed by atoms with Crippen molar-refractivity contribution in [3.8, 4) is 51.0 Å². The van der Waals surface area contributed by atoms with Crippen LogP contribution in [0, 0.1) is 0 Å². The predicted molar refractivity (Wildman–Crippen MR) is 238 cm³/mol. The summed E-state index contributed by atoms with van der Waals surface area (Å²) in [6.07, 6.45) is 0. The van der Waals surface area contributed by atoms with E-state index in [1.807, 2.05) is 36.4 Å². The average molecular weight is 741 g/mol. The van der Waals surface area contributed by atoms with Gasteiger partial charge in [-0.1, -0.05) is 158 Å². The summed E-state index contributed by atoms with van der Waals surface area (Å²) >= 11 is 0. The zero-order chi connectivity index (χ0) is 38.2. The van der Waals surface area contributed by atoms with Crippen LogP contribution in [0.15, 0.2) is 199 Å². The predicted octanol–water partition coefficient (Wildman–Crippen LogP) is 13.8. The van der Waals surface area contributed by atoms with Crippen molar-refractivity contribution in [2.45, 2.75) is 0 Å². The molecule has 0 aliphatic heterocycles. The Hall–Kier alpha value is -7.89. The van der Waals surface area contributed by atoms with Crippen molar-refractivity contribution in [3.05, 3.63) is 194 Å². The lowest BCUT2D eigenvalue weighted by Crippen LogP contribution is -2.00. The van der Waals surface area contributed by atoms with Crippen LogP contribution in [-0.2, 0) is 0 Å². The van der Waals surface area contributed by atoms with Crippen molar-refractivity contribution in [3.63, 3.8) is 0 Å². The Balaban J connectivity index is 1.00. The van der Waals surface area contributed by atoms with E-state index in [4.69, 9.17) is 19.4 Å². The fourth-order valence-corrected chi connectivity index (χ4v) is 8.65. The van der Waals surface area contributed by atoms with Crippen molar-refractivity contribution >= 4 is 65.3 Å². The highest BCUT2D eigenvalue weighted by molar-refractivity contribution is 6.26. The molecule has 0 atom stereocenters. The lowest BCUT2D eigenvalue weighted by Gasteiger charge is -2.10. The maximum atomic E-state index is 6.74. The standard InChI is InChI=1S/C53H32N4O/c1-3-11-33(12-4-1)34-19-21-38(22-20-34)52-54-51(37-15-5-2-6-16-37)55-53(56-52)39-24-27-43-44-29-26-40(32-48(44)58-47(43)31-39)57-46-30-25-35-13-7-9-17-41(35)49(46)45-28-23-36-14-8-10-18-42(36)50(45)57/h1-32H. The molecular weight excluding hydrogens is 709 g/mol.